The third-order valence-corrected chi connectivity index (χ3v) is 4.78. The standard InChI is InChI=1S/C21H21N3O2S/c1-14-3-5-16(6-4-14)11-20(26)24-21-23-19(13-27-21)18-9-7-17(8-10-18)12-22-15(2)25/h3-10,13H,11-12H2,1-2H3,(H,22,25)(H,23,24,26). The largest absolute Gasteiger partial charge is 0.352 e. The minimum Gasteiger partial charge on any atom is -0.352 e. The van der Waals surface area contributed by atoms with Crippen LogP contribution in [0, 0.1) is 6.92 Å². The Kier molecular flexibility index (Phi) is 5.98. The van der Waals surface area contributed by atoms with Gasteiger partial charge in [0.25, 0.3) is 0 Å². The first-order chi connectivity index (χ1) is 13.0. The summed E-state index contributed by atoms with van der Waals surface area (Å²) in [6, 6.07) is 15.8. The van der Waals surface area contributed by atoms with Gasteiger partial charge in [0, 0.05) is 24.4 Å². The maximum absolute atomic E-state index is 12.2. The van der Waals surface area contributed by atoms with Gasteiger partial charge in [-0.1, -0.05) is 54.1 Å². The van der Waals surface area contributed by atoms with Crippen LogP contribution in [-0.2, 0) is 22.6 Å². The Morgan fingerprint density at radius 1 is 1.00 bits per heavy atom. The Morgan fingerprint density at radius 3 is 2.33 bits per heavy atom. The number of anilines is 1. The van der Waals surface area contributed by atoms with Gasteiger partial charge in [-0.25, -0.2) is 4.98 Å². The molecule has 0 bridgehead atoms. The molecule has 2 amide bonds. The molecule has 3 aromatic rings. The summed E-state index contributed by atoms with van der Waals surface area (Å²) in [7, 11) is 0. The molecule has 3 rings (SSSR count). The molecular weight excluding hydrogens is 358 g/mol. The fourth-order valence-electron chi connectivity index (χ4n) is 2.54. The van der Waals surface area contributed by atoms with Crippen LogP contribution in [0.3, 0.4) is 0 Å². The molecule has 0 unspecified atom stereocenters. The number of rotatable bonds is 6. The van der Waals surface area contributed by atoms with E-state index in [1.807, 2.05) is 60.8 Å². The lowest BCUT2D eigenvalue weighted by Gasteiger charge is -2.04. The van der Waals surface area contributed by atoms with Crippen LogP contribution in [0.1, 0.15) is 23.6 Å². The molecule has 1 aromatic heterocycles. The molecule has 0 saturated heterocycles. The molecule has 2 N–H and O–H groups in total. The van der Waals surface area contributed by atoms with Crippen LogP contribution < -0.4 is 10.6 Å². The summed E-state index contributed by atoms with van der Waals surface area (Å²) in [4.78, 5) is 27.7. The number of aromatic nitrogens is 1. The first kappa shape index (κ1) is 18.8. The minimum atomic E-state index is -0.0783. The van der Waals surface area contributed by atoms with E-state index in [1.165, 1.54) is 23.8 Å². The van der Waals surface area contributed by atoms with E-state index in [2.05, 4.69) is 15.6 Å². The fourth-order valence-corrected chi connectivity index (χ4v) is 3.27. The van der Waals surface area contributed by atoms with Crippen molar-refractivity contribution >= 4 is 28.3 Å². The minimum absolute atomic E-state index is 0.0513. The number of nitrogens with zero attached hydrogens (tertiary/aromatic N) is 1. The van der Waals surface area contributed by atoms with Crippen LogP contribution in [0.5, 0.6) is 0 Å². The highest BCUT2D eigenvalue weighted by Gasteiger charge is 2.09. The van der Waals surface area contributed by atoms with Crippen LogP contribution in [-0.4, -0.2) is 16.8 Å². The third kappa shape index (κ3) is 5.49. The van der Waals surface area contributed by atoms with Gasteiger partial charge in [0.2, 0.25) is 11.8 Å². The summed E-state index contributed by atoms with van der Waals surface area (Å²) in [6.45, 7) is 4.03. The highest BCUT2D eigenvalue weighted by atomic mass is 32.1. The number of aryl methyl sites for hydroxylation is 1. The first-order valence-corrected chi connectivity index (χ1v) is 9.52. The van der Waals surface area contributed by atoms with Crippen molar-refractivity contribution in [1.82, 2.24) is 10.3 Å². The van der Waals surface area contributed by atoms with Gasteiger partial charge in [-0.05, 0) is 18.1 Å². The molecule has 0 fully saturated rings. The molecule has 0 aliphatic heterocycles. The Labute approximate surface area is 162 Å². The lowest BCUT2D eigenvalue weighted by Crippen LogP contribution is -2.18. The van der Waals surface area contributed by atoms with E-state index in [4.69, 9.17) is 0 Å². The molecule has 138 valence electrons. The highest BCUT2D eigenvalue weighted by Crippen LogP contribution is 2.25. The molecule has 27 heavy (non-hydrogen) atoms. The average Bonchev–Trinajstić information content (AvgIpc) is 3.10. The zero-order valence-corrected chi connectivity index (χ0v) is 16.1. The van der Waals surface area contributed by atoms with Crippen molar-refractivity contribution in [1.29, 1.82) is 0 Å². The molecule has 0 aliphatic carbocycles. The number of hydrogen-bond acceptors (Lipinski definition) is 4. The summed E-state index contributed by atoms with van der Waals surface area (Å²) in [5.74, 6) is -0.130. The van der Waals surface area contributed by atoms with Crippen molar-refractivity contribution in [2.24, 2.45) is 0 Å². The number of benzene rings is 2. The van der Waals surface area contributed by atoms with E-state index in [1.54, 1.807) is 0 Å². The Balaban J connectivity index is 1.59. The lowest BCUT2D eigenvalue weighted by molar-refractivity contribution is -0.119. The SMILES string of the molecule is CC(=O)NCc1ccc(-c2csc(NC(=O)Cc3ccc(C)cc3)n2)cc1. The molecule has 5 nitrogen and oxygen atoms in total. The molecule has 2 aromatic carbocycles. The second kappa shape index (κ2) is 8.60. The topological polar surface area (TPSA) is 71.1 Å². The Bertz CT molecular complexity index is 931. The van der Waals surface area contributed by atoms with Gasteiger partial charge in [-0.15, -0.1) is 11.3 Å². The highest BCUT2D eigenvalue weighted by molar-refractivity contribution is 7.14. The summed E-state index contributed by atoms with van der Waals surface area (Å²) >= 11 is 1.40. The number of hydrogen-bond donors (Lipinski definition) is 2. The second-order valence-corrected chi connectivity index (χ2v) is 7.21. The van der Waals surface area contributed by atoms with E-state index in [-0.39, 0.29) is 11.8 Å². The molecule has 0 aliphatic rings. The van der Waals surface area contributed by atoms with Crippen molar-refractivity contribution in [3.63, 3.8) is 0 Å². The van der Waals surface area contributed by atoms with Gasteiger partial charge in [0.1, 0.15) is 0 Å². The van der Waals surface area contributed by atoms with Crippen molar-refractivity contribution in [2.75, 3.05) is 5.32 Å². The van der Waals surface area contributed by atoms with Crippen molar-refractivity contribution < 1.29 is 9.59 Å². The van der Waals surface area contributed by atoms with Crippen LogP contribution >= 0.6 is 11.3 Å². The van der Waals surface area contributed by atoms with Gasteiger partial charge in [0.05, 0.1) is 12.1 Å². The van der Waals surface area contributed by atoms with E-state index < -0.39 is 0 Å². The molecule has 0 saturated carbocycles. The van der Waals surface area contributed by atoms with Gasteiger partial charge in [0.15, 0.2) is 5.13 Å². The lowest BCUT2D eigenvalue weighted by atomic mass is 10.1. The van der Waals surface area contributed by atoms with Crippen LogP contribution in [0.15, 0.2) is 53.9 Å². The van der Waals surface area contributed by atoms with Gasteiger partial charge < -0.3 is 10.6 Å². The normalized spacial score (nSPS) is 10.4. The molecule has 0 radical (unpaired) electrons. The number of carbonyl (C=O) groups excluding carboxylic acids is 2. The smallest absolute Gasteiger partial charge is 0.230 e. The first-order valence-electron chi connectivity index (χ1n) is 8.64. The van der Waals surface area contributed by atoms with E-state index >= 15 is 0 Å². The fraction of sp³-hybridized carbons (Fsp3) is 0.190. The van der Waals surface area contributed by atoms with Crippen molar-refractivity contribution in [3.05, 3.63) is 70.6 Å². The van der Waals surface area contributed by atoms with Gasteiger partial charge in [-0.3, -0.25) is 9.59 Å². The molecule has 0 spiro atoms. The number of thiazole rings is 1. The van der Waals surface area contributed by atoms with Crippen molar-refractivity contribution in [2.45, 2.75) is 26.8 Å². The maximum Gasteiger partial charge on any atom is 0.230 e. The van der Waals surface area contributed by atoms with Crippen LogP contribution in [0.25, 0.3) is 11.3 Å². The Hall–Kier alpha value is -2.99. The van der Waals surface area contributed by atoms with Crippen LogP contribution in [0.4, 0.5) is 5.13 Å². The maximum atomic E-state index is 12.2. The zero-order valence-electron chi connectivity index (χ0n) is 15.3. The molecular formula is C21H21N3O2S. The van der Waals surface area contributed by atoms with Gasteiger partial charge in [-0.2, -0.15) is 0 Å². The summed E-state index contributed by atoms with van der Waals surface area (Å²) in [5.41, 5.74) is 4.96. The van der Waals surface area contributed by atoms with Crippen molar-refractivity contribution in [3.8, 4) is 11.3 Å². The molecule has 1 heterocycles. The molecule has 6 heteroatoms. The van der Waals surface area contributed by atoms with E-state index in [0.29, 0.717) is 18.1 Å². The van der Waals surface area contributed by atoms with E-state index in [0.717, 1.165) is 22.4 Å². The summed E-state index contributed by atoms with van der Waals surface area (Å²) in [5, 5.41) is 8.14. The summed E-state index contributed by atoms with van der Waals surface area (Å²) < 4.78 is 0. The number of carbonyl (C=O) groups is 2. The molecule has 0 atom stereocenters. The quantitative estimate of drug-likeness (QED) is 0.682. The monoisotopic (exact) mass is 379 g/mol. The zero-order chi connectivity index (χ0) is 19.2. The number of nitrogens with one attached hydrogen (secondary N) is 2. The Morgan fingerprint density at radius 2 is 1.67 bits per heavy atom. The third-order valence-electron chi connectivity index (χ3n) is 4.03. The average molecular weight is 379 g/mol. The number of amides is 2. The second-order valence-electron chi connectivity index (χ2n) is 6.36. The van der Waals surface area contributed by atoms with Crippen LogP contribution in [0.2, 0.25) is 0 Å². The predicted molar refractivity (Wildman–Crippen MR) is 109 cm³/mol. The predicted octanol–water partition coefficient (Wildman–Crippen LogP) is 3.94. The summed E-state index contributed by atoms with van der Waals surface area (Å²) in [6.07, 6.45) is 0.326. The van der Waals surface area contributed by atoms with Gasteiger partial charge >= 0.3 is 0 Å². The van der Waals surface area contributed by atoms with E-state index in [9.17, 15) is 9.59 Å².